The fourth-order valence-electron chi connectivity index (χ4n) is 9.61. The minimum absolute atomic E-state index is 0.0348. The van der Waals surface area contributed by atoms with E-state index in [0.717, 1.165) is 61.6 Å². The summed E-state index contributed by atoms with van der Waals surface area (Å²) in [5, 5.41) is 3.69. The molecule has 4 aromatic carbocycles. The summed E-state index contributed by atoms with van der Waals surface area (Å²) in [6, 6.07) is 25.3. The smallest absolute Gasteiger partial charge is 0.438 e. The number of nitrogens with one attached hydrogen (secondary N) is 2. The summed E-state index contributed by atoms with van der Waals surface area (Å²) >= 11 is 7.60. The molecule has 2 unspecified atom stereocenters. The number of thioether (sulfide) groups is 1. The van der Waals surface area contributed by atoms with Crippen molar-refractivity contribution in [3.05, 3.63) is 119 Å². The van der Waals surface area contributed by atoms with E-state index in [9.17, 15) is 49.1 Å². The number of sulfone groups is 1. The summed E-state index contributed by atoms with van der Waals surface area (Å²) in [6.07, 6.45) is 3.23. The van der Waals surface area contributed by atoms with Crippen LogP contribution in [0.15, 0.2) is 117 Å². The SMILES string of the molecule is CC1(C)CCC(c2ccc(Cl)cc2)=C(CN2CCN(c3ccc(C(=O)NS(=O)(=O)c4ccc(NC(CCN5CCN(CCP(=O)(O)OCOC(=O)C(C)(C)C)CC5)CSc5ccccc5)c(S(=O)(=O)C(F)(F)F)c4)cc3)CC2)C1. The van der Waals surface area contributed by atoms with E-state index in [1.807, 2.05) is 52.1 Å². The summed E-state index contributed by atoms with van der Waals surface area (Å²) in [5.41, 5.74) is -2.08. The number of carbonyl (C=O) groups is 2. The van der Waals surface area contributed by atoms with Crippen LogP contribution in [0.25, 0.3) is 5.57 Å². The molecule has 2 atom stereocenters. The molecular weight excluding hydrogens is 1120 g/mol. The quantitative estimate of drug-likeness (QED) is 0.0291. The predicted molar refractivity (Wildman–Crippen MR) is 304 cm³/mol. The van der Waals surface area contributed by atoms with Crippen LogP contribution in [0.4, 0.5) is 24.5 Å². The minimum Gasteiger partial charge on any atom is -0.438 e. The van der Waals surface area contributed by atoms with Gasteiger partial charge in [0.05, 0.1) is 22.2 Å². The van der Waals surface area contributed by atoms with Crippen LogP contribution < -0.4 is 14.9 Å². The lowest BCUT2D eigenvalue weighted by molar-refractivity contribution is -0.159. The molecule has 3 N–H and O–H groups in total. The number of anilines is 2. The number of nitrogens with zero attached hydrogens (tertiary/aromatic N) is 4. The molecule has 2 heterocycles. The number of rotatable bonds is 22. The molecule has 0 radical (unpaired) electrons. The summed E-state index contributed by atoms with van der Waals surface area (Å²) in [4.78, 5) is 43.2. The highest BCUT2D eigenvalue weighted by atomic mass is 35.5. The van der Waals surface area contributed by atoms with E-state index in [1.165, 1.54) is 40.6 Å². The first-order valence-electron chi connectivity index (χ1n) is 26.2. The number of halogens is 4. The third-order valence-electron chi connectivity index (χ3n) is 14.3. The molecule has 1 amide bonds. The topological polar surface area (TPSA) is 195 Å². The third-order valence-corrected chi connectivity index (χ3v) is 19.9. The Balaban J connectivity index is 0.975. The lowest BCUT2D eigenvalue weighted by Gasteiger charge is -2.39. The van der Waals surface area contributed by atoms with Gasteiger partial charge in [0.1, 0.15) is 4.90 Å². The number of alkyl halides is 3. The molecule has 3 aliphatic rings. The molecule has 0 bridgehead atoms. The first-order chi connectivity index (χ1) is 37.1. The average molecular weight is 1200 g/mol. The van der Waals surface area contributed by atoms with E-state index in [-0.39, 0.29) is 29.4 Å². The van der Waals surface area contributed by atoms with Crippen LogP contribution in [0.2, 0.25) is 5.02 Å². The maximum absolute atomic E-state index is 14.4. The molecule has 4 aromatic rings. The van der Waals surface area contributed by atoms with Gasteiger partial charge in [-0.2, -0.15) is 13.2 Å². The standard InChI is InChI=1S/C55H71ClF3N6O10PS3/c1-53(2,3)52(67)74-39-75-76(68,69)34-33-63-27-25-62(26-28-63)24-22-44(38-77-46-9-7-6-8-10-46)60-49-20-19-47(35-50(49)78(70,71)55(57,58)59)79(72,73)61-51(66)41-13-17-45(18-14-41)65-31-29-64(30-32-65)37-42-36-54(4,5)23-21-48(42)40-11-15-43(56)16-12-40/h6-20,35,44,60H,21-34,36-39H2,1-5H3,(H,61,66)(H,68,69). The molecule has 7 rings (SSSR count). The number of hydrogen-bond acceptors (Lipinski definition) is 15. The fraction of sp³-hybridized carbons (Fsp3) is 0.491. The van der Waals surface area contributed by atoms with Crippen molar-refractivity contribution in [3.8, 4) is 0 Å². The van der Waals surface area contributed by atoms with Gasteiger partial charge in [-0.05, 0) is 130 Å². The van der Waals surface area contributed by atoms with Crippen LogP contribution in [0, 0.1) is 10.8 Å². The largest absolute Gasteiger partial charge is 0.501 e. The number of piperazine rings is 2. The average Bonchev–Trinajstić information content (AvgIpc) is 3.41. The van der Waals surface area contributed by atoms with E-state index in [0.29, 0.717) is 63.3 Å². The van der Waals surface area contributed by atoms with Crippen LogP contribution >= 0.6 is 31.0 Å². The number of benzene rings is 4. The van der Waals surface area contributed by atoms with Crippen LogP contribution in [-0.2, 0) is 38.5 Å². The van der Waals surface area contributed by atoms with E-state index in [4.69, 9.17) is 20.9 Å². The van der Waals surface area contributed by atoms with Crippen molar-refractivity contribution in [3.63, 3.8) is 0 Å². The van der Waals surface area contributed by atoms with Crippen molar-refractivity contribution >= 4 is 79.6 Å². The Labute approximate surface area is 471 Å². The van der Waals surface area contributed by atoms with Crippen molar-refractivity contribution in [2.75, 3.05) is 101 Å². The summed E-state index contributed by atoms with van der Waals surface area (Å²) in [5.74, 6) is -1.35. The van der Waals surface area contributed by atoms with Gasteiger partial charge < -0.3 is 29.6 Å². The molecule has 2 saturated heterocycles. The Hall–Kier alpha value is -4.48. The number of amides is 1. The number of carbonyl (C=O) groups excluding carboxylic acids is 2. The monoisotopic (exact) mass is 1190 g/mol. The molecular formula is C55H71ClF3N6O10PS3. The van der Waals surface area contributed by atoms with E-state index in [2.05, 4.69) is 46.0 Å². The molecule has 79 heavy (non-hydrogen) atoms. The van der Waals surface area contributed by atoms with Gasteiger partial charge in [0, 0.05) is 105 Å². The number of esters is 1. The molecule has 0 saturated carbocycles. The van der Waals surface area contributed by atoms with Crippen LogP contribution in [0.5, 0.6) is 0 Å². The van der Waals surface area contributed by atoms with Gasteiger partial charge in [0.2, 0.25) is 6.79 Å². The molecule has 24 heteroatoms. The second-order valence-electron chi connectivity index (χ2n) is 22.0. The molecule has 0 spiro atoms. The van der Waals surface area contributed by atoms with Gasteiger partial charge in [-0.1, -0.05) is 61.4 Å². The second kappa shape index (κ2) is 26.2. The lowest BCUT2D eigenvalue weighted by Crippen LogP contribution is -2.48. The van der Waals surface area contributed by atoms with Gasteiger partial charge in [-0.3, -0.25) is 23.6 Å². The zero-order chi connectivity index (χ0) is 57.4. The van der Waals surface area contributed by atoms with Gasteiger partial charge in [0.25, 0.3) is 25.8 Å². The number of sulfonamides is 1. The zero-order valence-electron chi connectivity index (χ0n) is 45.1. The Morgan fingerprint density at radius 3 is 2.08 bits per heavy atom. The van der Waals surface area contributed by atoms with Crippen LogP contribution in [0.1, 0.15) is 76.2 Å². The number of hydrogen-bond donors (Lipinski definition) is 3. The highest BCUT2D eigenvalue weighted by Crippen LogP contribution is 2.44. The summed E-state index contributed by atoms with van der Waals surface area (Å²) in [7, 11) is -15.1. The first kappa shape index (κ1) is 62.1. The predicted octanol–water partition coefficient (Wildman–Crippen LogP) is 9.87. The van der Waals surface area contributed by atoms with Gasteiger partial charge in [0.15, 0.2) is 0 Å². The van der Waals surface area contributed by atoms with E-state index < -0.39 is 78.6 Å². The molecule has 2 aliphatic heterocycles. The molecule has 16 nitrogen and oxygen atoms in total. The molecule has 1 aliphatic carbocycles. The van der Waals surface area contributed by atoms with Crippen molar-refractivity contribution in [2.45, 2.75) is 86.5 Å². The van der Waals surface area contributed by atoms with Crippen molar-refractivity contribution < 1.29 is 58.3 Å². The molecule has 0 aromatic heterocycles. The number of ether oxygens (including phenoxy) is 1. The molecule has 432 valence electrons. The Kier molecular flexibility index (Phi) is 20.6. The summed E-state index contributed by atoms with van der Waals surface area (Å²) < 4.78 is 122. The van der Waals surface area contributed by atoms with Gasteiger partial charge >= 0.3 is 19.1 Å². The fourth-order valence-corrected chi connectivity index (χ4v) is 13.6. The highest BCUT2D eigenvalue weighted by molar-refractivity contribution is 7.99. The third kappa shape index (κ3) is 17.5. The van der Waals surface area contributed by atoms with Crippen LogP contribution in [-0.4, -0.2) is 151 Å². The lowest BCUT2D eigenvalue weighted by atomic mass is 9.73. The number of allylic oxidation sites excluding steroid dienone is 1. The second-order valence-corrected chi connectivity index (χ2v) is 29.1. The molecule has 2 fully saturated rings. The maximum atomic E-state index is 14.4. The van der Waals surface area contributed by atoms with E-state index >= 15 is 0 Å². The Bertz CT molecular complexity index is 3060. The van der Waals surface area contributed by atoms with Crippen molar-refractivity contribution in [1.29, 1.82) is 0 Å². The highest BCUT2D eigenvalue weighted by Gasteiger charge is 2.48. The van der Waals surface area contributed by atoms with Crippen LogP contribution in [0.3, 0.4) is 0 Å². The first-order valence-corrected chi connectivity index (χ1v) is 32.3. The summed E-state index contributed by atoms with van der Waals surface area (Å²) in [6.45, 7) is 15.6. The zero-order valence-corrected chi connectivity index (χ0v) is 49.2. The maximum Gasteiger partial charge on any atom is 0.501 e. The van der Waals surface area contributed by atoms with Gasteiger partial charge in [-0.25, -0.2) is 21.6 Å². The van der Waals surface area contributed by atoms with Crippen molar-refractivity contribution in [1.82, 2.24) is 19.4 Å². The minimum atomic E-state index is -6.15. The van der Waals surface area contributed by atoms with Crippen molar-refractivity contribution in [2.24, 2.45) is 10.8 Å². The normalized spacial score (nSPS) is 18.4. The van der Waals surface area contributed by atoms with Gasteiger partial charge in [-0.15, -0.1) is 11.8 Å². The van der Waals surface area contributed by atoms with E-state index in [1.54, 1.807) is 32.9 Å². The Morgan fingerprint density at radius 2 is 1.46 bits per heavy atom. The Morgan fingerprint density at radius 1 is 0.835 bits per heavy atom.